The minimum absolute atomic E-state index is 0.220. The summed E-state index contributed by atoms with van der Waals surface area (Å²) in [7, 11) is 0. The lowest BCUT2D eigenvalue weighted by Gasteiger charge is -2.20. The van der Waals surface area contributed by atoms with E-state index in [4.69, 9.17) is 4.74 Å². The van der Waals surface area contributed by atoms with Crippen molar-refractivity contribution in [2.24, 2.45) is 0 Å². The number of nitrogens with zero attached hydrogens (tertiary/aromatic N) is 1. The summed E-state index contributed by atoms with van der Waals surface area (Å²) in [5, 5.41) is 3.23. The Morgan fingerprint density at radius 3 is 3.00 bits per heavy atom. The molecule has 19 heavy (non-hydrogen) atoms. The smallest absolute Gasteiger partial charge is 0.256 e. The molecule has 2 aromatic rings. The van der Waals surface area contributed by atoms with Crippen LogP contribution in [0.4, 0.5) is 14.5 Å². The van der Waals surface area contributed by atoms with Gasteiger partial charge in [0.05, 0.1) is 11.9 Å². The Labute approximate surface area is 109 Å². The average Bonchev–Trinajstić information content (AvgIpc) is 2.42. The summed E-state index contributed by atoms with van der Waals surface area (Å²) >= 11 is 0. The molecular weight excluding hydrogens is 250 g/mol. The topological polar surface area (TPSA) is 34.1 Å². The van der Waals surface area contributed by atoms with Gasteiger partial charge in [-0.05, 0) is 24.5 Å². The number of para-hydroxylation sites is 1. The summed E-state index contributed by atoms with van der Waals surface area (Å²) in [5.41, 5.74) is 1.99. The molecule has 0 amide bonds. The predicted octanol–water partition coefficient (Wildman–Crippen LogP) is 3.51. The van der Waals surface area contributed by atoms with E-state index < -0.39 is 11.6 Å². The second-order valence-corrected chi connectivity index (χ2v) is 4.36. The van der Waals surface area contributed by atoms with Gasteiger partial charge in [0.2, 0.25) is 0 Å². The van der Waals surface area contributed by atoms with Gasteiger partial charge in [-0.3, -0.25) is 0 Å². The van der Waals surface area contributed by atoms with Gasteiger partial charge in [0, 0.05) is 12.6 Å². The normalized spacial score (nSPS) is 13.6. The first-order valence-electron chi connectivity index (χ1n) is 6.09. The summed E-state index contributed by atoms with van der Waals surface area (Å²) < 4.78 is 31.8. The molecule has 0 saturated carbocycles. The van der Waals surface area contributed by atoms with Crippen molar-refractivity contribution < 1.29 is 13.5 Å². The van der Waals surface area contributed by atoms with Gasteiger partial charge in [0.1, 0.15) is 5.82 Å². The molecule has 5 heteroatoms. The first-order valence-corrected chi connectivity index (χ1v) is 6.09. The zero-order valence-corrected chi connectivity index (χ0v) is 10.1. The lowest BCUT2D eigenvalue weighted by molar-refractivity contribution is 0.417. The number of fused-ring (bicyclic) bond motifs is 1. The quantitative estimate of drug-likeness (QED) is 0.899. The summed E-state index contributed by atoms with van der Waals surface area (Å²) in [6.45, 7) is 0.854. The first-order chi connectivity index (χ1) is 9.24. The van der Waals surface area contributed by atoms with Crippen LogP contribution in [0.3, 0.4) is 0 Å². The third-order valence-electron chi connectivity index (χ3n) is 3.02. The van der Waals surface area contributed by atoms with Gasteiger partial charge in [-0.15, -0.1) is 0 Å². The van der Waals surface area contributed by atoms with E-state index in [1.54, 1.807) is 6.07 Å². The molecule has 0 bridgehead atoms. The number of hydrogen-bond acceptors (Lipinski definition) is 3. The number of hydrogen-bond donors (Lipinski definition) is 1. The van der Waals surface area contributed by atoms with Crippen LogP contribution in [0.15, 0.2) is 30.5 Å². The van der Waals surface area contributed by atoms with Gasteiger partial charge in [-0.25, -0.2) is 13.8 Å². The maximum Gasteiger partial charge on any atom is 0.256 e. The molecule has 0 saturated heterocycles. The van der Waals surface area contributed by atoms with Crippen LogP contribution in [-0.2, 0) is 6.42 Å². The number of pyridine rings is 1. The summed E-state index contributed by atoms with van der Waals surface area (Å²) in [4.78, 5) is 3.62. The fourth-order valence-corrected chi connectivity index (χ4v) is 2.14. The Balaban J connectivity index is 1.95. The fraction of sp³-hybridized carbons (Fsp3) is 0.214. The zero-order chi connectivity index (χ0) is 13.2. The highest BCUT2D eigenvalue weighted by Crippen LogP contribution is 2.35. The second kappa shape index (κ2) is 4.84. The van der Waals surface area contributed by atoms with Gasteiger partial charge in [-0.2, -0.15) is 0 Å². The second-order valence-electron chi connectivity index (χ2n) is 4.36. The van der Waals surface area contributed by atoms with E-state index in [0.717, 1.165) is 42.9 Å². The van der Waals surface area contributed by atoms with Gasteiger partial charge in [-0.1, -0.05) is 12.1 Å². The molecule has 0 fully saturated rings. The molecule has 98 valence electrons. The maximum atomic E-state index is 13.5. The average molecular weight is 262 g/mol. The molecule has 1 aromatic carbocycles. The number of halogens is 2. The van der Waals surface area contributed by atoms with Crippen LogP contribution in [0.2, 0.25) is 0 Å². The van der Waals surface area contributed by atoms with Crippen molar-refractivity contribution in [2.45, 2.75) is 12.8 Å². The van der Waals surface area contributed by atoms with Crippen LogP contribution >= 0.6 is 0 Å². The van der Waals surface area contributed by atoms with E-state index in [1.807, 2.05) is 12.1 Å². The number of aromatic nitrogens is 1. The van der Waals surface area contributed by atoms with E-state index in [9.17, 15) is 8.78 Å². The van der Waals surface area contributed by atoms with Gasteiger partial charge >= 0.3 is 0 Å². The van der Waals surface area contributed by atoms with Crippen LogP contribution in [0.1, 0.15) is 12.0 Å². The largest absolute Gasteiger partial charge is 0.434 e. The molecule has 0 atom stereocenters. The van der Waals surface area contributed by atoms with Gasteiger partial charge < -0.3 is 10.1 Å². The number of aryl methyl sites for hydroxylation is 1. The highest BCUT2D eigenvalue weighted by molar-refractivity contribution is 5.64. The summed E-state index contributed by atoms with van der Waals surface area (Å²) in [5.74, 6) is -1.25. The summed E-state index contributed by atoms with van der Waals surface area (Å²) in [6, 6.07) is 6.35. The molecule has 2 heterocycles. The van der Waals surface area contributed by atoms with Crippen LogP contribution in [-0.4, -0.2) is 11.5 Å². The van der Waals surface area contributed by atoms with Crippen molar-refractivity contribution in [3.05, 3.63) is 47.7 Å². The van der Waals surface area contributed by atoms with E-state index >= 15 is 0 Å². The van der Waals surface area contributed by atoms with Crippen molar-refractivity contribution in [1.29, 1.82) is 0 Å². The minimum Gasteiger partial charge on any atom is -0.434 e. The first kappa shape index (κ1) is 11.9. The van der Waals surface area contributed by atoms with E-state index in [-0.39, 0.29) is 5.88 Å². The van der Waals surface area contributed by atoms with E-state index in [2.05, 4.69) is 10.3 Å². The van der Waals surface area contributed by atoms with Gasteiger partial charge in [0.25, 0.3) is 5.88 Å². The SMILES string of the molecule is Fc1cnc(Oc2cccc3c2NCCC3)c(F)c1. The van der Waals surface area contributed by atoms with Crippen molar-refractivity contribution in [2.75, 3.05) is 11.9 Å². The Bertz CT molecular complexity index is 616. The molecular formula is C14H12F2N2O. The number of benzene rings is 1. The standard InChI is InChI=1S/C14H12F2N2O/c15-10-7-11(16)14(18-8-10)19-12-5-1-3-9-4-2-6-17-13(9)12/h1,3,5,7-8,17H,2,4,6H2. The Morgan fingerprint density at radius 2 is 2.16 bits per heavy atom. The molecule has 1 aliphatic rings. The van der Waals surface area contributed by atoms with Crippen LogP contribution in [0.5, 0.6) is 11.6 Å². The zero-order valence-electron chi connectivity index (χ0n) is 10.1. The van der Waals surface area contributed by atoms with Crippen molar-refractivity contribution in [3.63, 3.8) is 0 Å². The van der Waals surface area contributed by atoms with Crippen molar-refractivity contribution in [1.82, 2.24) is 4.98 Å². The molecule has 0 radical (unpaired) electrons. The van der Waals surface area contributed by atoms with E-state index in [0.29, 0.717) is 5.75 Å². The highest BCUT2D eigenvalue weighted by atomic mass is 19.1. The molecule has 1 aliphatic heterocycles. The lowest BCUT2D eigenvalue weighted by Crippen LogP contribution is -2.12. The molecule has 0 unspecified atom stereocenters. The Morgan fingerprint density at radius 1 is 1.26 bits per heavy atom. The van der Waals surface area contributed by atoms with Crippen LogP contribution in [0, 0.1) is 11.6 Å². The van der Waals surface area contributed by atoms with Crippen LogP contribution in [0.25, 0.3) is 0 Å². The molecule has 0 spiro atoms. The highest BCUT2D eigenvalue weighted by Gasteiger charge is 2.16. The molecule has 1 N–H and O–H groups in total. The number of rotatable bonds is 2. The predicted molar refractivity (Wildman–Crippen MR) is 67.5 cm³/mol. The molecule has 0 aliphatic carbocycles. The number of nitrogens with one attached hydrogen (secondary N) is 1. The van der Waals surface area contributed by atoms with Crippen molar-refractivity contribution >= 4 is 5.69 Å². The summed E-state index contributed by atoms with van der Waals surface area (Å²) in [6.07, 6.45) is 2.94. The Hall–Kier alpha value is -2.17. The van der Waals surface area contributed by atoms with Crippen molar-refractivity contribution in [3.8, 4) is 11.6 Å². The molecule has 3 nitrogen and oxygen atoms in total. The lowest BCUT2D eigenvalue weighted by atomic mass is 10.0. The number of ether oxygens (including phenoxy) is 1. The monoisotopic (exact) mass is 262 g/mol. The third kappa shape index (κ3) is 2.36. The fourth-order valence-electron chi connectivity index (χ4n) is 2.14. The maximum absolute atomic E-state index is 13.5. The molecule has 3 rings (SSSR count). The van der Waals surface area contributed by atoms with E-state index in [1.165, 1.54) is 0 Å². The third-order valence-corrected chi connectivity index (χ3v) is 3.02. The number of anilines is 1. The van der Waals surface area contributed by atoms with Gasteiger partial charge in [0.15, 0.2) is 11.6 Å². The van der Waals surface area contributed by atoms with Crippen LogP contribution < -0.4 is 10.1 Å². The minimum atomic E-state index is -0.812. The Kier molecular flexibility index (Phi) is 3.03. The molecule has 1 aromatic heterocycles.